The maximum Gasteiger partial charge on any atom is 0.269 e. The molecule has 0 aliphatic rings. The lowest BCUT2D eigenvalue weighted by Crippen LogP contribution is -2.31. The maximum absolute atomic E-state index is 11.9. The summed E-state index contributed by atoms with van der Waals surface area (Å²) in [6, 6.07) is 4.54. The van der Waals surface area contributed by atoms with Crippen LogP contribution in [-0.4, -0.2) is 54.9 Å². The van der Waals surface area contributed by atoms with Crippen LogP contribution in [0, 0.1) is 0 Å². The number of carbonyl (C=O) groups is 2. The molecule has 2 amide bonds. The summed E-state index contributed by atoms with van der Waals surface area (Å²) in [5, 5.41) is 5.18. The highest BCUT2D eigenvalue weighted by molar-refractivity contribution is 5.96. The molecule has 0 saturated heterocycles. The van der Waals surface area contributed by atoms with E-state index in [2.05, 4.69) is 25.6 Å². The van der Waals surface area contributed by atoms with E-state index < -0.39 is 11.8 Å². The first-order chi connectivity index (χ1) is 11.4. The Balaban J connectivity index is 2.55. The van der Waals surface area contributed by atoms with Crippen LogP contribution in [0.1, 0.15) is 21.0 Å². The normalized spacial score (nSPS) is 9.67. The van der Waals surface area contributed by atoms with Gasteiger partial charge in [-0.2, -0.15) is 0 Å². The van der Waals surface area contributed by atoms with Crippen LogP contribution < -0.4 is 33.6 Å². The minimum Gasteiger partial charge on any atom is -0.370 e. The molecule has 1 heterocycles. The number of hydrogen-bond acceptors (Lipinski definition) is 5. The van der Waals surface area contributed by atoms with Gasteiger partial charge in [-0.1, -0.05) is 6.07 Å². The van der Waals surface area contributed by atoms with Gasteiger partial charge in [-0.05, 0) is 12.1 Å². The molecule has 0 aliphatic heterocycles. The van der Waals surface area contributed by atoms with Gasteiger partial charge in [0.05, 0.1) is 13.1 Å². The molecule has 11 heteroatoms. The lowest BCUT2D eigenvalue weighted by atomic mass is 10.2. The molecular weight excluding hydrogens is 314 g/mol. The van der Waals surface area contributed by atoms with Crippen molar-refractivity contribution in [1.82, 2.24) is 15.6 Å². The minimum atomic E-state index is -0.434. The third-order valence-electron chi connectivity index (χ3n) is 2.60. The molecule has 0 fully saturated rings. The zero-order chi connectivity index (χ0) is 17.9. The van der Waals surface area contributed by atoms with E-state index in [-0.39, 0.29) is 49.5 Å². The molecule has 0 unspecified atom stereocenters. The van der Waals surface area contributed by atoms with Gasteiger partial charge in [0.25, 0.3) is 11.8 Å². The van der Waals surface area contributed by atoms with Crippen molar-refractivity contribution in [2.75, 3.05) is 26.2 Å². The van der Waals surface area contributed by atoms with Gasteiger partial charge in [0, 0.05) is 13.1 Å². The SMILES string of the molecule is NC(N)=NCCNC(=O)c1cccc(C(=O)NCCN=C(N)N)n1. The van der Waals surface area contributed by atoms with E-state index in [4.69, 9.17) is 22.9 Å². The number of pyridine rings is 1. The van der Waals surface area contributed by atoms with Crippen LogP contribution in [0.4, 0.5) is 0 Å². The summed E-state index contributed by atoms with van der Waals surface area (Å²) in [4.78, 5) is 35.4. The molecule has 130 valence electrons. The molecule has 0 saturated carbocycles. The van der Waals surface area contributed by atoms with Crippen molar-refractivity contribution in [2.24, 2.45) is 32.9 Å². The topological polar surface area (TPSA) is 200 Å². The van der Waals surface area contributed by atoms with Crippen molar-refractivity contribution in [1.29, 1.82) is 0 Å². The molecule has 24 heavy (non-hydrogen) atoms. The van der Waals surface area contributed by atoms with Crippen molar-refractivity contribution < 1.29 is 9.59 Å². The van der Waals surface area contributed by atoms with Crippen molar-refractivity contribution in [2.45, 2.75) is 0 Å². The Morgan fingerprint density at radius 3 is 1.67 bits per heavy atom. The predicted octanol–water partition coefficient (Wildman–Crippen LogP) is -2.91. The minimum absolute atomic E-state index is 0.0539. The summed E-state index contributed by atoms with van der Waals surface area (Å²) in [5.41, 5.74) is 20.9. The predicted molar refractivity (Wildman–Crippen MR) is 90.3 cm³/mol. The van der Waals surface area contributed by atoms with Crippen LogP contribution >= 0.6 is 0 Å². The molecule has 0 bridgehead atoms. The number of rotatable bonds is 8. The average molecular weight is 335 g/mol. The van der Waals surface area contributed by atoms with E-state index in [0.29, 0.717) is 0 Å². The third kappa shape index (κ3) is 7.06. The van der Waals surface area contributed by atoms with E-state index >= 15 is 0 Å². The number of nitrogens with zero attached hydrogens (tertiary/aromatic N) is 3. The number of amides is 2. The smallest absolute Gasteiger partial charge is 0.269 e. The molecule has 0 aliphatic carbocycles. The Morgan fingerprint density at radius 2 is 1.29 bits per heavy atom. The first kappa shape index (κ1) is 18.7. The summed E-state index contributed by atoms with van der Waals surface area (Å²) in [7, 11) is 0. The monoisotopic (exact) mass is 335 g/mol. The average Bonchev–Trinajstić information content (AvgIpc) is 2.55. The van der Waals surface area contributed by atoms with Crippen LogP contribution in [-0.2, 0) is 0 Å². The van der Waals surface area contributed by atoms with E-state index in [9.17, 15) is 9.59 Å². The molecule has 0 radical (unpaired) electrons. The molecular formula is C13H21N9O2. The molecule has 10 N–H and O–H groups in total. The fraction of sp³-hybridized carbons (Fsp3) is 0.308. The fourth-order valence-electron chi connectivity index (χ4n) is 1.58. The standard InChI is InChI=1S/C13H21N9O2/c14-12(15)20-6-4-18-10(23)8-2-1-3-9(22-8)11(24)19-5-7-21-13(16)17/h1-3H,4-7H2,(H,18,23)(H,19,24)(H4,14,15,20)(H4,16,17,21). The summed E-state index contributed by atoms with van der Waals surface area (Å²) >= 11 is 0. The number of nitrogens with two attached hydrogens (primary N) is 4. The highest BCUT2D eigenvalue weighted by Gasteiger charge is 2.11. The zero-order valence-electron chi connectivity index (χ0n) is 13.0. The molecule has 11 nitrogen and oxygen atoms in total. The van der Waals surface area contributed by atoms with Gasteiger partial charge in [0.15, 0.2) is 11.9 Å². The van der Waals surface area contributed by atoms with Gasteiger partial charge in [-0.3, -0.25) is 19.6 Å². The van der Waals surface area contributed by atoms with Crippen molar-refractivity contribution >= 4 is 23.7 Å². The number of aliphatic imine (C=N–C) groups is 2. The van der Waals surface area contributed by atoms with Crippen molar-refractivity contribution in [3.63, 3.8) is 0 Å². The molecule has 0 atom stereocenters. The highest BCUT2D eigenvalue weighted by atomic mass is 16.2. The first-order valence-electron chi connectivity index (χ1n) is 7.04. The maximum atomic E-state index is 11.9. The molecule has 0 spiro atoms. The van der Waals surface area contributed by atoms with Gasteiger partial charge in [0.1, 0.15) is 11.4 Å². The molecule has 1 aromatic rings. The van der Waals surface area contributed by atoms with Gasteiger partial charge in [0.2, 0.25) is 0 Å². The van der Waals surface area contributed by atoms with Crippen LogP contribution in [0.25, 0.3) is 0 Å². The number of nitrogens with one attached hydrogen (secondary N) is 2. The van der Waals surface area contributed by atoms with Crippen LogP contribution in [0.15, 0.2) is 28.2 Å². The number of guanidine groups is 2. The molecule has 1 aromatic heterocycles. The largest absolute Gasteiger partial charge is 0.370 e. The third-order valence-corrected chi connectivity index (χ3v) is 2.60. The quantitative estimate of drug-likeness (QED) is 0.166. The van der Waals surface area contributed by atoms with Gasteiger partial charge < -0.3 is 33.6 Å². The summed E-state index contributed by atoms with van der Waals surface area (Å²) in [5.74, 6) is -0.976. The molecule has 1 rings (SSSR count). The Bertz CT molecular complexity index is 583. The Hall–Kier alpha value is -3.37. The highest BCUT2D eigenvalue weighted by Crippen LogP contribution is 1.99. The lowest BCUT2D eigenvalue weighted by molar-refractivity contribution is 0.0945. The van der Waals surface area contributed by atoms with E-state index in [1.807, 2.05) is 0 Å². The van der Waals surface area contributed by atoms with Crippen molar-refractivity contribution in [3.05, 3.63) is 29.6 Å². The van der Waals surface area contributed by atoms with Gasteiger partial charge in [-0.15, -0.1) is 0 Å². The Morgan fingerprint density at radius 1 is 0.875 bits per heavy atom. The number of aromatic nitrogens is 1. The van der Waals surface area contributed by atoms with Gasteiger partial charge in [-0.25, -0.2) is 4.98 Å². The van der Waals surface area contributed by atoms with Crippen LogP contribution in [0.2, 0.25) is 0 Å². The second kappa shape index (κ2) is 9.61. The summed E-state index contributed by atoms with van der Waals surface area (Å²) < 4.78 is 0. The first-order valence-corrected chi connectivity index (χ1v) is 7.04. The second-order valence-electron chi connectivity index (χ2n) is 4.53. The number of carbonyl (C=O) groups excluding carboxylic acids is 2. The summed E-state index contributed by atoms with van der Waals surface area (Å²) in [6.45, 7) is 0.985. The second-order valence-corrected chi connectivity index (χ2v) is 4.53. The summed E-state index contributed by atoms with van der Waals surface area (Å²) in [6.07, 6.45) is 0. The lowest BCUT2D eigenvalue weighted by Gasteiger charge is -2.06. The van der Waals surface area contributed by atoms with Crippen molar-refractivity contribution in [3.8, 4) is 0 Å². The van der Waals surface area contributed by atoms with Gasteiger partial charge >= 0.3 is 0 Å². The van der Waals surface area contributed by atoms with E-state index in [0.717, 1.165) is 0 Å². The molecule has 0 aromatic carbocycles. The van der Waals surface area contributed by atoms with E-state index in [1.54, 1.807) is 6.07 Å². The Labute approximate surface area is 138 Å². The van der Waals surface area contributed by atoms with Crippen LogP contribution in [0.3, 0.4) is 0 Å². The number of hydrogen-bond donors (Lipinski definition) is 6. The van der Waals surface area contributed by atoms with E-state index in [1.165, 1.54) is 12.1 Å². The van der Waals surface area contributed by atoms with Crippen LogP contribution in [0.5, 0.6) is 0 Å². The Kier molecular flexibility index (Phi) is 7.48. The fourth-order valence-corrected chi connectivity index (χ4v) is 1.58. The zero-order valence-corrected chi connectivity index (χ0v) is 13.0.